The van der Waals surface area contributed by atoms with E-state index in [-0.39, 0.29) is 0 Å². The van der Waals surface area contributed by atoms with Crippen molar-refractivity contribution in [2.75, 3.05) is 11.4 Å². The van der Waals surface area contributed by atoms with Gasteiger partial charge in [0.15, 0.2) is 0 Å². The monoisotopic (exact) mass is 308 g/mol. The van der Waals surface area contributed by atoms with Crippen LogP contribution in [0.4, 0.5) is 5.69 Å². The van der Waals surface area contributed by atoms with E-state index in [1.807, 2.05) is 6.07 Å². The molecule has 0 saturated carbocycles. The van der Waals surface area contributed by atoms with Gasteiger partial charge in [0.05, 0.1) is 0 Å². The molecule has 1 N–H and O–H groups in total. The van der Waals surface area contributed by atoms with E-state index < -0.39 is 0 Å². The lowest BCUT2D eigenvalue weighted by molar-refractivity contribution is 0.296. The molecule has 0 bridgehead atoms. The molecular formula is C18H29ClN2. The van der Waals surface area contributed by atoms with Crippen LogP contribution in [0, 0.1) is 11.8 Å². The van der Waals surface area contributed by atoms with Crippen molar-refractivity contribution in [1.82, 2.24) is 5.32 Å². The zero-order chi connectivity index (χ0) is 15.6. The van der Waals surface area contributed by atoms with Gasteiger partial charge in [-0.15, -0.1) is 0 Å². The Labute approximate surface area is 134 Å². The number of nitrogens with zero attached hydrogens (tertiary/aromatic N) is 1. The SMILES string of the molecule is CC1CC(C)C(C)N(c2cccc(Cl)c2CNC(C)C)C1. The van der Waals surface area contributed by atoms with Crippen molar-refractivity contribution in [2.45, 2.75) is 59.7 Å². The normalized spacial score (nSPS) is 26.4. The summed E-state index contributed by atoms with van der Waals surface area (Å²) in [5.74, 6) is 1.46. The van der Waals surface area contributed by atoms with Crippen molar-refractivity contribution in [3.63, 3.8) is 0 Å². The summed E-state index contributed by atoms with van der Waals surface area (Å²) in [4.78, 5) is 2.56. The van der Waals surface area contributed by atoms with Gasteiger partial charge in [-0.25, -0.2) is 0 Å². The molecule has 3 unspecified atom stereocenters. The van der Waals surface area contributed by atoms with Crippen molar-refractivity contribution >= 4 is 17.3 Å². The molecule has 1 aromatic carbocycles. The highest BCUT2D eigenvalue weighted by molar-refractivity contribution is 6.31. The summed E-state index contributed by atoms with van der Waals surface area (Å²) >= 11 is 6.49. The largest absolute Gasteiger partial charge is 0.368 e. The average molecular weight is 309 g/mol. The van der Waals surface area contributed by atoms with Gasteiger partial charge in [-0.2, -0.15) is 0 Å². The molecule has 0 amide bonds. The van der Waals surface area contributed by atoms with Crippen LogP contribution in [0.3, 0.4) is 0 Å². The molecule has 2 rings (SSSR count). The first-order valence-electron chi connectivity index (χ1n) is 8.17. The van der Waals surface area contributed by atoms with E-state index >= 15 is 0 Å². The first kappa shape index (κ1) is 16.6. The molecule has 1 fully saturated rings. The minimum absolute atomic E-state index is 0.464. The number of rotatable bonds is 4. The van der Waals surface area contributed by atoms with E-state index in [2.05, 4.69) is 57.0 Å². The maximum atomic E-state index is 6.49. The number of hydrogen-bond acceptors (Lipinski definition) is 2. The average Bonchev–Trinajstić information content (AvgIpc) is 2.41. The molecule has 1 aromatic rings. The number of benzene rings is 1. The van der Waals surface area contributed by atoms with Gasteiger partial charge >= 0.3 is 0 Å². The van der Waals surface area contributed by atoms with Gasteiger partial charge in [0.1, 0.15) is 0 Å². The van der Waals surface area contributed by atoms with E-state index in [1.165, 1.54) is 17.7 Å². The summed E-state index contributed by atoms with van der Waals surface area (Å²) in [5, 5.41) is 4.38. The van der Waals surface area contributed by atoms with E-state index in [0.29, 0.717) is 12.1 Å². The number of halogens is 1. The van der Waals surface area contributed by atoms with Crippen molar-refractivity contribution in [3.05, 3.63) is 28.8 Å². The van der Waals surface area contributed by atoms with E-state index in [1.54, 1.807) is 0 Å². The van der Waals surface area contributed by atoms with Crippen molar-refractivity contribution in [3.8, 4) is 0 Å². The van der Waals surface area contributed by atoms with Gasteiger partial charge in [-0.1, -0.05) is 45.4 Å². The zero-order valence-corrected chi connectivity index (χ0v) is 14.7. The van der Waals surface area contributed by atoms with Gasteiger partial charge in [0, 0.05) is 41.4 Å². The summed E-state index contributed by atoms with van der Waals surface area (Å²) in [7, 11) is 0. The third-order valence-corrected chi connectivity index (χ3v) is 5.04. The molecule has 1 aliphatic rings. The predicted molar refractivity (Wildman–Crippen MR) is 93.2 cm³/mol. The highest BCUT2D eigenvalue weighted by Crippen LogP contribution is 2.35. The van der Waals surface area contributed by atoms with Crippen LogP contribution in [0.5, 0.6) is 0 Å². The molecule has 0 aliphatic carbocycles. The fourth-order valence-electron chi connectivity index (χ4n) is 3.33. The molecule has 0 aromatic heterocycles. The molecule has 118 valence electrons. The maximum absolute atomic E-state index is 6.49. The molecule has 3 heteroatoms. The van der Waals surface area contributed by atoms with Crippen LogP contribution in [0.15, 0.2) is 18.2 Å². The number of piperidine rings is 1. The van der Waals surface area contributed by atoms with Crippen LogP contribution < -0.4 is 10.2 Å². The molecule has 1 heterocycles. The van der Waals surface area contributed by atoms with Crippen molar-refractivity contribution in [2.24, 2.45) is 11.8 Å². The van der Waals surface area contributed by atoms with E-state index in [9.17, 15) is 0 Å². The van der Waals surface area contributed by atoms with Gasteiger partial charge in [-0.3, -0.25) is 0 Å². The predicted octanol–water partition coefficient (Wildman–Crippen LogP) is 4.71. The molecule has 21 heavy (non-hydrogen) atoms. The summed E-state index contributed by atoms with van der Waals surface area (Å²) < 4.78 is 0. The Bertz CT molecular complexity index is 472. The summed E-state index contributed by atoms with van der Waals surface area (Å²) in [6.07, 6.45) is 1.32. The minimum atomic E-state index is 0.464. The molecule has 1 aliphatic heterocycles. The first-order chi connectivity index (χ1) is 9.90. The molecule has 3 atom stereocenters. The van der Waals surface area contributed by atoms with E-state index in [4.69, 9.17) is 11.6 Å². The Morgan fingerprint density at radius 2 is 2.00 bits per heavy atom. The minimum Gasteiger partial charge on any atom is -0.368 e. The lowest BCUT2D eigenvalue weighted by Gasteiger charge is -2.43. The van der Waals surface area contributed by atoms with Crippen LogP contribution in [-0.2, 0) is 6.54 Å². The molecule has 2 nitrogen and oxygen atoms in total. The van der Waals surface area contributed by atoms with Crippen molar-refractivity contribution in [1.29, 1.82) is 0 Å². The highest BCUT2D eigenvalue weighted by Gasteiger charge is 2.30. The van der Waals surface area contributed by atoms with Gasteiger partial charge < -0.3 is 10.2 Å². The fraction of sp³-hybridized carbons (Fsp3) is 0.667. The molecule has 1 saturated heterocycles. The number of hydrogen-bond donors (Lipinski definition) is 1. The van der Waals surface area contributed by atoms with Crippen LogP contribution in [0.1, 0.15) is 46.6 Å². The lowest BCUT2D eigenvalue weighted by Crippen LogP contribution is -2.46. The van der Waals surface area contributed by atoms with Crippen LogP contribution >= 0.6 is 11.6 Å². The number of nitrogens with one attached hydrogen (secondary N) is 1. The zero-order valence-electron chi connectivity index (χ0n) is 14.0. The van der Waals surface area contributed by atoms with Gasteiger partial charge in [0.25, 0.3) is 0 Å². The summed E-state index contributed by atoms with van der Waals surface area (Å²) in [6, 6.07) is 7.34. The Balaban J connectivity index is 2.31. The smallest absolute Gasteiger partial charge is 0.0471 e. The Morgan fingerprint density at radius 1 is 1.29 bits per heavy atom. The second-order valence-corrected chi connectivity index (χ2v) is 7.39. The van der Waals surface area contributed by atoms with Crippen molar-refractivity contribution < 1.29 is 0 Å². The second-order valence-electron chi connectivity index (χ2n) is 6.98. The molecule has 0 spiro atoms. The van der Waals surface area contributed by atoms with Gasteiger partial charge in [0.2, 0.25) is 0 Å². The summed E-state index contributed by atoms with van der Waals surface area (Å²) in [6.45, 7) is 13.4. The Morgan fingerprint density at radius 3 is 2.67 bits per heavy atom. The molecule has 0 radical (unpaired) electrons. The van der Waals surface area contributed by atoms with Crippen LogP contribution in [-0.4, -0.2) is 18.6 Å². The van der Waals surface area contributed by atoms with E-state index in [0.717, 1.165) is 29.9 Å². The quantitative estimate of drug-likeness (QED) is 0.866. The second kappa shape index (κ2) is 7.02. The highest BCUT2D eigenvalue weighted by atomic mass is 35.5. The standard InChI is InChI=1S/C18H29ClN2/c1-12(2)20-10-16-17(19)7-6-8-18(16)21-11-13(3)9-14(4)15(21)5/h6-8,12-15,20H,9-11H2,1-5H3. The Kier molecular flexibility index (Phi) is 5.56. The lowest BCUT2D eigenvalue weighted by atomic mass is 9.85. The number of anilines is 1. The van der Waals surface area contributed by atoms with Gasteiger partial charge in [-0.05, 0) is 37.3 Å². The fourth-order valence-corrected chi connectivity index (χ4v) is 3.57. The molecular weight excluding hydrogens is 280 g/mol. The third-order valence-electron chi connectivity index (χ3n) is 4.69. The third kappa shape index (κ3) is 3.92. The maximum Gasteiger partial charge on any atom is 0.0471 e. The topological polar surface area (TPSA) is 15.3 Å². The van der Waals surface area contributed by atoms with Crippen LogP contribution in [0.25, 0.3) is 0 Å². The summed E-state index contributed by atoms with van der Waals surface area (Å²) in [5.41, 5.74) is 2.54. The first-order valence-corrected chi connectivity index (χ1v) is 8.55. The Hall–Kier alpha value is -0.730. The van der Waals surface area contributed by atoms with Crippen LogP contribution in [0.2, 0.25) is 5.02 Å².